The molecule has 5 rings (SSSR count). The topological polar surface area (TPSA) is 79.8 Å². The summed E-state index contributed by atoms with van der Waals surface area (Å²) in [5, 5.41) is 17.3. The van der Waals surface area contributed by atoms with E-state index in [4.69, 9.17) is 9.47 Å². The Balaban J connectivity index is 1.58. The Labute approximate surface area is 199 Å². The molecule has 6 heteroatoms. The van der Waals surface area contributed by atoms with Gasteiger partial charge < -0.3 is 25.2 Å². The van der Waals surface area contributed by atoms with Crippen LogP contribution in [0.25, 0.3) is 0 Å². The van der Waals surface area contributed by atoms with Crippen molar-refractivity contribution in [3.8, 4) is 17.2 Å². The summed E-state index contributed by atoms with van der Waals surface area (Å²) in [4.78, 5) is 13.7. The molecule has 1 heterocycles. The monoisotopic (exact) mass is 456 g/mol. The lowest BCUT2D eigenvalue weighted by Crippen LogP contribution is -2.26. The van der Waals surface area contributed by atoms with Gasteiger partial charge in [0.25, 0.3) is 0 Å². The molecule has 0 aromatic heterocycles. The fourth-order valence-corrected chi connectivity index (χ4v) is 4.84. The molecule has 2 atom stereocenters. The molecule has 34 heavy (non-hydrogen) atoms. The number of ketones is 1. The van der Waals surface area contributed by atoms with Crippen molar-refractivity contribution in [2.24, 2.45) is 0 Å². The lowest BCUT2D eigenvalue weighted by molar-refractivity contribution is -0.116. The second-order valence-electron chi connectivity index (χ2n) is 8.60. The first-order chi connectivity index (χ1) is 16.6. The molecule has 0 saturated carbocycles. The largest absolute Gasteiger partial charge is 0.504 e. The number of hydrogen-bond donors (Lipinski definition) is 3. The Morgan fingerprint density at radius 3 is 2.44 bits per heavy atom. The van der Waals surface area contributed by atoms with Crippen LogP contribution in [0.15, 0.2) is 78.0 Å². The zero-order valence-corrected chi connectivity index (χ0v) is 19.3. The minimum absolute atomic E-state index is 0.0781. The summed E-state index contributed by atoms with van der Waals surface area (Å²) >= 11 is 0. The zero-order valence-electron chi connectivity index (χ0n) is 19.3. The van der Waals surface area contributed by atoms with E-state index in [9.17, 15) is 9.90 Å². The van der Waals surface area contributed by atoms with Crippen LogP contribution in [0.4, 0.5) is 11.4 Å². The molecule has 3 aromatic rings. The van der Waals surface area contributed by atoms with Gasteiger partial charge in [0.15, 0.2) is 17.3 Å². The molecule has 1 aliphatic carbocycles. The number of ether oxygens (including phenoxy) is 2. The Kier molecular flexibility index (Phi) is 5.88. The minimum atomic E-state index is -0.365. The number of fused-ring (bicyclic) bond motifs is 1. The molecule has 0 saturated heterocycles. The molecule has 174 valence electrons. The molecule has 3 N–H and O–H groups in total. The third-order valence-electron chi connectivity index (χ3n) is 6.51. The van der Waals surface area contributed by atoms with Gasteiger partial charge in [-0.3, -0.25) is 4.79 Å². The summed E-state index contributed by atoms with van der Waals surface area (Å²) in [6, 6.07) is 20.8. The average molecular weight is 457 g/mol. The van der Waals surface area contributed by atoms with Gasteiger partial charge in [0.1, 0.15) is 5.75 Å². The standard InChI is InChI=1S/C28H28N2O4/c1-3-34-26-16-18(10-13-24(26)31)28-27-23(29-21-6-4-5-7-22(21)30-28)14-19(15-25(27)32)17-8-11-20(33-2)12-9-17/h4-13,16,19,28-31H,3,14-15H2,1-2H3/t19-,28-/m1/s1. The number of rotatable bonds is 5. The number of allylic oxidation sites excluding steroid dienone is 1. The molecule has 0 bridgehead atoms. The summed E-state index contributed by atoms with van der Waals surface area (Å²) in [5.74, 6) is 1.48. The molecular formula is C28H28N2O4. The Bertz CT molecular complexity index is 1250. The number of phenolic OH excluding ortho intramolecular Hbond substituents is 1. The van der Waals surface area contributed by atoms with Crippen LogP contribution in [0.2, 0.25) is 0 Å². The highest BCUT2D eigenvalue weighted by atomic mass is 16.5. The molecule has 0 unspecified atom stereocenters. The average Bonchev–Trinajstić information content (AvgIpc) is 3.02. The molecule has 3 aromatic carbocycles. The highest BCUT2D eigenvalue weighted by Crippen LogP contribution is 2.45. The maximum Gasteiger partial charge on any atom is 0.163 e. The van der Waals surface area contributed by atoms with E-state index in [2.05, 4.69) is 10.6 Å². The van der Waals surface area contributed by atoms with Crippen LogP contribution in [0.5, 0.6) is 17.2 Å². The first kappa shape index (κ1) is 21.9. The van der Waals surface area contributed by atoms with Crippen molar-refractivity contribution in [2.45, 2.75) is 31.7 Å². The molecule has 0 fully saturated rings. The number of nitrogens with one attached hydrogen (secondary N) is 2. The fraction of sp³-hybridized carbons (Fsp3) is 0.250. The number of hydrogen-bond acceptors (Lipinski definition) is 6. The lowest BCUT2D eigenvalue weighted by Gasteiger charge is -2.30. The van der Waals surface area contributed by atoms with Crippen molar-refractivity contribution < 1.29 is 19.4 Å². The van der Waals surface area contributed by atoms with E-state index >= 15 is 0 Å². The van der Waals surface area contributed by atoms with Crippen molar-refractivity contribution >= 4 is 17.2 Å². The second kappa shape index (κ2) is 9.14. The smallest absolute Gasteiger partial charge is 0.163 e. The Hall–Kier alpha value is -3.93. The van der Waals surface area contributed by atoms with Gasteiger partial charge in [-0.25, -0.2) is 0 Å². The van der Waals surface area contributed by atoms with E-state index in [1.54, 1.807) is 13.2 Å². The summed E-state index contributed by atoms with van der Waals surface area (Å²) < 4.78 is 10.9. The predicted molar refractivity (Wildman–Crippen MR) is 133 cm³/mol. The zero-order chi connectivity index (χ0) is 23.7. The highest BCUT2D eigenvalue weighted by molar-refractivity contribution is 6.01. The molecule has 0 spiro atoms. The van der Waals surface area contributed by atoms with Crippen molar-refractivity contribution in [3.63, 3.8) is 0 Å². The highest BCUT2D eigenvalue weighted by Gasteiger charge is 2.36. The van der Waals surface area contributed by atoms with Crippen LogP contribution in [0.1, 0.15) is 42.9 Å². The molecular weight excluding hydrogens is 428 g/mol. The summed E-state index contributed by atoms with van der Waals surface area (Å²) in [5.41, 5.74) is 5.49. The van der Waals surface area contributed by atoms with Gasteiger partial charge in [-0.05, 0) is 66.8 Å². The van der Waals surface area contributed by atoms with Crippen LogP contribution in [0.3, 0.4) is 0 Å². The number of carbonyl (C=O) groups is 1. The van der Waals surface area contributed by atoms with Gasteiger partial charge in [-0.1, -0.05) is 30.3 Å². The van der Waals surface area contributed by atoms with E-state index in [1.807, 2.05) is 67.6 Å². The van der Waals surface area contributed by atoms with Crippen LogP contribution in [-0.4, -0.2) is 24.6 Å². The third kappa shape index (κ3) is 4.07. The van der Waals surface area contributed by atoms with E-state index in [0.717, 1.165) is 45.9 Å². The van der Waals surface area contributed by atoms with Crippen molar-refractivity contribution in [1.82, 2.24) is 0 Å². The van der Waals surface area contributed by atoms with Crippen LogP contribution >= 0.6 is 0 Å². The van der Waals surface area contributed by atoms with Gasteiger partial charge in [0, 0.05) is 17.7 Å². The Morgan fingerprint density at radius 1 is 0.971 bits per heavy atom. The predicted octanol–water partition coefficient (Wildman–Crippen LogP) is 5.78. The summed E-state index contributed by atoms with van der Waals surface area (Å²) in [6.45, 7) is 2.32. The number of carbonyl (C=O) groups excluding carboxylic acids is 1. The number of phenols is 1. The van der Waals surface area contributed by atoms with Crippen molar-refractivity contribution in [1.29, 1.82) is 0 Å². The third-order valence-corrected chi connectivity index (χ3v) is 6.51. The Morgan fingerprint density at radius 2 is 1.71 bits per heavy atom. The number of benzene rings is 3. The van der Waals surface area contributed by atoms with E-state index in [0.29, 0.717) is 18.8 Å². The van der Waals surface area contributed by atoms with Crippen LogP contribution < -0.4 is 20.1 Å². The molecule has 1 aliphatic heterocycles. The molecule has 6 nitrogen and oxygen atoms in total. The van der Waals surface area contributed by atoms with Crippen LogP contribution in [-0.2, 0) is 4.79 Å². The number of anilines is 2. The molecule has 0 radical (unpaired) electrons. The van der Waals surface area contributed by atoms with Gasteiger partial charge in [0.2, 0.25) is 0 Å². The summed E-state index contributed by atoms with van der Waals surface area (Å²) in [6.07, 6.45) is 1.15. The maximum atomic E-state index is 13.7. The normalized spacial score (nSPS) is 19.3. The SMILES string of the molecule is CCOc1cc([C@H]2Nc3ccccc3NC3=C2C(=O)C[C@H](c2ccc(OC)cc2)C3)ccc1O. The molecule has 0 amide bonds. The van der Waals surface area contributed by atoms with E-state index < -0.39 is 0 Å². The molecule has 2 aliphatic rings. The van der Waals surface area contributed by atoms with Gasteiger partial charge in [-0.15, -0.1) is 0 Å². The quantitative estimate of drug-likeness (QED) is 0.452. The fourth-order valence-electron chi connectivity index (χ4n) is 4.84. The summed E-state index contributed by atoms with van der Waals surface area (Å²) in [7, 11) is 1.65. The van der Waals surface area contributed by atoms with Crippen molar-refractivity contribution in [2.75, 3.05) is 24.4 Å². The van der Waals surface area contributed by atoms with Crippen molar-refractivity contribution in [3.05, 3.63) is 89.1 Å². The maximum absolute atomic E-state index is 13.7. The van der Waals surface area contributed by atoms with E-state index in [-0.39, 0.29) is 23.5 Å². The lowest BCUT2D eigenvalue weighted by atomic mass is 9.78. The first-order valence-corrected chi connectivity index (χ1v) is 11.6. The number of methoxy groups -OCH3 is 1. The minimum Gasteiger partial charge on any atom is -0.504 e. The van der Waals surface area contributed by atoms with Gasteiger partial charge in [-0.2, -0.15) is 0 Å². The number of aromatic hydroxyl groups is 1. The number of para-hydroxylation sites is 2. The van der Waals surface area contributed by atoms with E-state index in [1.165, 1.54) is 0 Å². The number of Topliss-reactive ketones (excluding diaryl/α,β-unsaturated/α-hetero) is 1. The second-order valence-corrected chi connectivity index (χ2v) is 8.60. The van der Waals surface area contributed by atoms with Gasteiger partial charge >= 0.3 is 0 Å². The first-order valence-electron chi connectivity index (χ1n) is 11.6. The van der Waals surface area contributed by atoms with Gasteiger partial charge in [0.05, 0.1) is 31.1 Å². The van der Waals surface area contributed by atoms with Crippen LogP contribution in [0, 0.1) is 0 Å².